The van der Waals surface area contributed by atoms with Gasteiger partial charge in [0.2, 0.25) is 0 Å². The first-order chi connectivity index (χ1) is 7.15. The first-order valence-corrected chi connectivity index (χ1v) is 4.09. The molecule has 1 rings (SSSR count). The van der Waals surface area contributed by atoms with Crippen LogP contribution in [0.25, 0.3) is 10.4 Å². The summed E-state index contributed by atoms with van der Waals surface area (Å²) < 4.78 is 13.2. The largest absolute Gasteiger partial charge is 0.272 e. The minimum absolute atomic E-state index is 0.130. The number of benzene rings is 1. The molecule has 0 N–H and O–H groups in total. The van der Waals surface area contributed by atoms with Gasteiger partial charge in [-0.15, -0.1) is 0 Å². The summed E-state index contributed by atoms with van der Waals surface area (Å²) in [6, 6.07) is 3.39. The molecule has 0 fully saturated rings. The fourth-order valence-electron chi connectivity index (χ4n) is 1.07. The average Bonchev–Trinajstić information content (AvgIpc) is 2.20. The molecule has 0 heterocycles. The Morgan fingerprint density at radius 2 is 2.33 bits per heavy atom. The molecule has 0 spiro atoms. The van der Waals surface area contributed by atoms with Crippen LogP contribution in [0, 0.1) is 15.9 Å². The first-order valence-electron chi connectivity index (χ1n) is 4.09. The maximum Gasteiger partial charge on any atom is 0.272 e. The lowest BCUT2D eigenvalue weighted by Gasteiger charge is -1.99. The van der Waals surface area contributed by atoms with Gasteiger partial charge in [-0.3, -0.25) is 10.1 Å². The van der Waals surface area contributed by atoms with E-state index in [0.29, 0.717) is 5.56 Å². The Bertz CT molecular complexity index is 429. The molecule has 0 aliphatic carbocycles. The molecule has 6 nitrogen and oxygen atoms in total. The second-order valence-corrected chi connectivity index (χ2v) is 2.74. The molecule has 0 bridgehead atoms. The quantitative estimate of drug-likeness (QED) is 0.251. The van der Waals surface area contributed by atoms with Crippen LogP contribution >= 0.6 is 0 Å². The van der Waals surface area contributed by atoms with Gasteiger partial charge in [-0.05, 0) is 23.6 Å². The average molecular weight is 210 g/mol. The fraction of sp³-hybridized carbons (Fsp3) is 0.250. The highest BCUT2D eigenvalue weighted by atomic mass is 19.1. The highest BCUT2D eigenvalue weighted by Gasteiger charge is 2.09. The molecule has 0 aliphatic rings. The van der Waals surface area contributed by atoms with Gasteiger partial charge in [0.1, 0.15) is 5.82 Å². The van der Waals surface area contributed by atoms with E-state index in [4.69, 9.17) is 5.53 Å². The number of nitro benzene ring substituents is 1. The van der Waals surface area contributed by atoms with Crippen molar-refractivity contribution < 1.29 is 9.31 Å². The van der Waals surface area contributed by atoms with Gasteiger partial charge in [-0.25, -0.2) is 4.39 Å². The van der Waals surface area contributed by atoms with Gasteiger partial charge in [0.25, 0.3) is 5.69 Å². The minimum atomic E-state index is -0.666. The Hall–Kier alpha value is -2.14. The standard InChI is InChI=1S/C8H7FN4O2/c9-8-5-7(13(14)15)2-1-6(8)3-4-11-12-10/h1-2,5H,3-4H2. The summed E-state index contributed by atoms with van der Waals surface area (Å²) in [5.41, 5.74) is 8.01. The third-order valence-electron chi connectivity index (χ3n) is 1.79. The zero-order valence-corrected chi connectivity index (χ0v) is 7.63. The summed E-state index contributed by atoms with van der Waals surface area (Å²) in [6.45, 7) is 0.130. The lowest BCUT2D eigenvalue weighted by molar-refractivity contribution is -0.385. The minimum Gasteiger partial charge on any atom is -0.258 e. The number of azide groups is 1. The molecule has 1 aromatic carbocycles. The van der Waals surface area contributed by atoms with Crippen LogP contribution in [-0.4, -0.2) is 11.5 Å². The van der Waals surface area contributed by atoms with Gasteiger partial charge < -0.3 is 0 Å². The maximum atomic E-state index is 13.2. The Morgan fingerprint density at radius 3 is 2.87 bits per heavy atom. The van der Waals surface area contributed by atoms with Gasteiger partial charge in [0, 0.05) is 17.5 Å². The molecule has 0 aliphatic heterocycles. The molecule has 0 saturated carbocycles. The fourth-order valence-corrected chi connectivity index (χ4v) is 1.07. The van der Waals surface area contributed by atoms with Crippen molar-refractivity contribution >= 4 is 5.69 Å². The highest BCUT2D eigenvalue weighted by Crippen LogP contribution is 2.16. The van der Waals surface area contributed by atoms with Crippen molar-refractivity contribution in [2.45, 2.75) is 6.42 Å². The Balaban J connectivity index is 2.83. The van der Waals surface area contributed by atoms with Crippen LogP contribution in [0.4, 0.5) is 10.1 Å². The molecule has 0 aromatic heterocycles. The van der Waals surface area contributed by atoms with Crippen molar-refractivity contribution in [1.82, 2.24) is 0 Å². The molecule has 7 heteroatoms. The Kier molecular flexibility index (Phi) is 3.59. The van der Waals surface area contributed by atoms with Gasteiger partial charge in [-0.1, -0.05) is 5.11 Å². The summed E-state index contributed by atoms with van der Waals surface area (Å²) in [5.74, 6) is -0.655. The summed E-state index contributed by atoms with van der Waals surface area (Å²) in [6.07, 6.45) is 0.230. The highest BCUT2D eigenvalue weighted by molar-refractivity contribution is 5.34. The smallest absolute Gasteiger partial charge is 0.258 e. The Labute approximate surface area is 84.1 Å². The van der Waals surface area contributed by atoms with Crippen LogP contribution < -0.4 is 0 Å². The van der Waals surface area contributed by atoms with Crippen molar-refractivity contribution in [3.05, 3.63) is 50.1 Å². The number of nitro groups is 1. The lowest BCUT2D eigenvalue weighted by atomic mass is 10.1. The second-order valence-electron chi connectivity index (χ2n) is 2.74. The van der Waals surface area contributed by atoms with Crippen LogP contribution in [0.15, 0.2) is 23.3 Å². The van der Waals surface area contributed by atoms with Crippen molar-refractivity contribution in [1.29, 1.82) is 0 Å². The SMILES string of the molecule is [N-]=[N+]=NCCc1ccc([N+](=O)[O-])cc1F. The van der Waals surface area contributed by atoms with Gasteiger partial charge in [0.05, 0.1) is 11.0 Å². The van der Waals surface area contributed by atoms with Crippen molar-refractivity contribution in [2.75, 3.05) is 6.54 Å². The van der Waals surface area contributed by atoms with Gasteiger partial charge in [-0.2, -0.15) is 0 Å². The van der Waals surface area contributed by atoms with E-state index in [1.54, 1.807) is 0 Å². The topological polar surface area (TPSA) is 91.9 Å². The van der Waals surface area contributed by atoms with Crippen LogP contribution in [0.1, 0.15) is 5.56 Å². The van der Waals surface area contributed by atoms with E-state index in [1.165, 1.54) is 12.1 Å². The van der Waals surface area contributed by atoms with Gasteiger partial charge in [0.15, 0.2) is 0 Å². The summed E-state index contributed by atoms with van der Waals surface area (Å²) >= 11 is 0. The van der Waals surface area contributed by atoms with Crippen LogP contribution in [-0.2, 0) is 6.42 Å². The van der Waals surface area contributed by atoms with Crippen molar-refractivity contribution in [2.24, 2.45) is 5.11 Å². The number of rotatable bonds is 4. The lowest BCUT2D eigenvalue weighted by Crippen LogP contribution is -1.95. The monoisotopic (exact) mass is 210 g/mol. The zero-order chi connectivity index (χ0) is 11.3. The third kappa shape index (κ3) is 2.92. The molecule has 1 aromatic rings. The van der Waals surface area contributed by atoms with E-state index >= 15 is 0 Å². The van der Waals surface area contributed by atoms with Crippen LogP contribution in [0.2, 0.25) is 0 Å². The molecule has 0 amide bonds. The molecular weight excluding hydrogens is 203 g/mol. The molecule has 15 heavy (non-hydrogen) atoms. The Morgan fingerprint density at radius 1 is 1.60 bits per heavy atom. The van der Waals surface area contributed by atoms with Crippen LogP contribution in [0.3, 0.4) is 0 Å². The van der Waals surface area contributed by atoms with Crippen molar-refractivity contribution in [3.63, 3.8) is 0 Å². The van der Waals surface area contributed by atoms with E-state index in [0.717, 1.165) is 6.07 Å². The van der Waals surface area contributed by atoms with E-state index < -0.39 is 10.7 Å². The molecule has 0 radical (unpaired) electrons. The molecule has 78 valence electrons. The number of hydrogen-bond donors (Lipinski definition) is 0. The molecule has 0 unspecified atom stereocenters. The predicted octanol–water partition coefficient (Wildman–Crippen LogP) is 2.59. The number of halogens is 1. The van der Waals surface area contributed by atoms with Crippen LogP contribution in [0.5, 0.6) is 0 Å². The van der Waals surface area contributed by atoms with E-state index in [9.17, 15) is 14.5 Å². The molecule has 0 saturated heterocycles. The van der Waals surface area contributed by atoms with E-state index in [1.807, 2.05) is 0 Å². The number of hydrogen-bond acceptors (Lipinski definition) is 3. The first kappa shape index (κ1) is 10.9. The maximum absolute atomic E-state index is 13.2. The summed E-state index contributed by atoms with van der Waals surface area (Å²) in [4.78, 5) is 12.2. The zero-order valence-electron chi connectivity index (χ0n) is 7.63. The van der Waals surface area contributed by atoms with E-state index in [-0.39, 0.29) is 18.7 Å². The number of nitrogens with zero attached hydrogens (tertiary/aromatic N) is 4. The van der Waals surface area contributed by atoms with Gasteiger partial charge >= 0.3 is 0 Å². The third-order valence-corrected chi connectivity index (χ3v) is 1.79. The second kappa shape index (κ2) is 4.92. The van der Waals surface area contributed by atoms with E-state index in [2.05, 4.69) is 10.0 Å². The molecular formula is C8H7FN4O2. The summed E-state index contributed by atoms with van der Waals surface area (Å²) in [7, 11) is 0. The predicted molar refractivity (Wildman–Crippen MR) is 50.8 cm³/mol. The normalized spacial score (nSPS) is 9.40. The number of non-ortho nitro benzene ring substituents is 1. The summed E-state index contributed by atoms with van der Waals surface area (Å²) in [5, 5.41) is 13.5. The molecule has 0 atom stereocenters. The van der Waals surface area contributed by atoms with Crippen molar-refractivity contribution in [3.8, 4) is 0 Å².